The van der Waals surface area contributed by atoms with Crippen molar-refractivity contribution in [1.29, 1.82) is 0 Å². The number of nitrogens with one attached hydrogen (secondary N) is 3. The Morgan fingerprint density at radius 1 is 1.35 bits per heavy atom. The van der Waals surface area contributed by atoms with Crippen LogP contribution in [0.1, 0.15) is 0 Å². The Balaban J connectivity index is 1.64. The zero-order chi connectivity index (χ0) is 13.8. The number of aromatic nitrogens is 2. The Bertz CT molecular complexity index is 559. The summed E-state index contributed by atoms with van der Waals surface area (Å²) in [5.74, 6) is -0.0704. The molecule has 0 spiro atoms. The molecule has 1 aromatic heterocycles. The van der Waals surface area contributed by atoms with Crippen molar-refractivity contribution in [3.8, 4) is 11.3 Å². The Labute approximate surface area is 116 Å². The van der Waals surface area contributed by atoms with E-state index in [1.165, 1.54) is 0 Å². The molecule has 1 fully saturated rings. The van der Waals surface area contributed by atoms with E-state index in [-0.39, 0.29) is 11.9 Å². The normalized spacial score (nSPS) is 18.7. The van der Waals surface area contributed by atoms with Crippen LogP contribution in [0.3, 0.4) is 0 Å². The minimum absolute atomic E-state index is 0.0704. The van der Waals surface area contributed by atoms with Crippen LogP contribution in [0.2, 0.25) is 0 Å². The zero-order valence-corrected chi connectivity index (χ0v) is 10.9. The predicted molar refractivity (Wildman–Crippen MR) is 75.3 cm³/mol. The first kappa shape index (κ1) is 12.8. The summed E-state index contributed by atoms with van der Waals surface area (Å²) >= 11 is 0. The molecule has 6 heteroatoms. The SMILES string of the molecule is O=C(Nc1ccc(-c2cnc[nH]2)cc1)C1COCCN1. The fourth-order valence-electron chi connectivity index (χ4n) is 2.11. The lowest BCUT2D eigenvalue weighted by Crippen LogP contribution is -2.48. The van der Waals surface area contributed by atoms with E-state index >= 15 is 0 Å². The van der Waals surface area contributed by atoms with Gasteiger partial charge < -0.3 is 20.4 Å². The van der Waals surface area contributed by atoms with E-state index in [0.717, 1.165) is 16.9 Å². The number of ether oxygens (including phenoxy) is 1. The average molecular weight is 272 g/mol. The van der Waals surface area contributed by atoms with Crippen molar-refractivity contribution in [1.82, 2.24) is 15.3 Å². The Morgan fingerprint density at radius 2 is 2.20 bits per heavy atom. The fraction of sp³-hybridized carbons (Fsp3) is 0.286. The third kappa shape index (κ3) is 2.87. The smallest absolute Gasteiger partial charge is 0.243 e. The lowest BCUT2D eigenvalue weighted by atomic mass is 10.1. The lowest BCUT2D eigenvalue weighted by Gasteiger charge is -2.22. The summed E-state index contributed by atoms with van der Waals surface area (Å²) in [5, 5.41) is 6.00. The first-order chi connectivity index (χ1) is 9.83. The molecule has 1 saturated heterocycles. The second-order valence-corrected chi connectivity index (χ2v) is 4.61. The summed E-state index contributed by atoms with van der Waals surface area (Å²) in [5.41, 5.74) is 2.75. The molecule has 1 aliphatic heterocycles. The molecule has 1 aliphatic rings. The molecule has 1 unspecified atom stereocenters. The van der Waals surface area contributed by atoms with Crippen molar-refractivity contribution >= 4 is 11.6 Å². The molecule has 1 atom stereocenters. The largest absolute Gasteiger partial charge is 0.378 e. The van der Waals surface area contributed by atoms with Crippen LogP contribution in [0.4, 0.5) is 5.69 Å². The zero-order valence-electron chi connectivity index (χ0n) is 10.9. The van der Waals surface area contributed by atoms with Gasteiger partial charge in [-0.25, -0.2) is 4.98 Å². The predicted octanol–water partition coefficient (Wildman–Crippen LogP) is 1.00. The number of nitrogens with zero attached hydrogens (tertiary/aromatic N) is 1. The molecule has 1 aromatic carbocycles. The Hall–Kier alpha value is -2.18. The van der Waals surface area contributed by atoms with Crippen LogP contribution in [0.5, 0.6) is 0 Å². The highest BCUT2D eigenvalue weighted by molar-refractivity contribution is 5.95. The minimum atomic E-state index is -0.281. The molecule has 0 bridgehead atoms. The Kier molecular flexibility index (Phi) is 3.76. The van der Waals surface area contributed by atoms with Gasteiger partial charge in [-0.1, -0.05) is 12.1 Å². The van der Waals surface area contributed by atoms with Gasteiger partial charge in [0.05, 0.1) is 31.4 Å². The average Bonchev–Trinajstić information content (AvgIpc) is 3.03. The molecular formula is C14H16N4O2. The van der Waals surface area contributed by atoms with Gasteiger partial charge in [0.2, 0.25) is 5.91 Å². The van der Waals surface area contributed by atoms with Crippen molar-refractivity contribution in [3.05, 3.63) is 36.8 Å². The first-order valence-electron chi connectivity index (χ1n) is 6.54. The van der Waals surface area contributed by atoms with Gasteiger partial charge in [0.1, 0.15) is 6.04 Å². The minimum Gasteiger partial charge on any atom is -0.378 e. The number of amides is 1. The molecule has 3 rings (SSSR count). The molecule has 3 N–H and O–H groups in total. The molecule has 20 heavy (non-hydrogen) atoms. The van der Waals surface area contributed by atoms with Crippen molar-refractivity contribution in [3.63, 3.8) is 0 Å². The van der Waals surface area contributed by atoms with E-state index in [1.807, 2.05) is 24.3 Å². The molecule has 0 saturated carbocycles. The van der Waals surface area contributed by atoms with Gasteiger partial charge in [0.25, 0.3) is 0 Å². The maximum absolute atomic E-state index is 12.0. The Morgan fingerprint density at radius 3 is 2.85 bits per heavy atom. The maximum Gasteiger partial charge on any atom is 0.243 e. The number of carbonyl (C=O) groups is 1. The number of imidazole rings is 1. The third-order valence-electron chi connectivity index (χ3n) is 3.20. The lowest BCUT2D eigenvalue weighted by molar-refractivity contribution is -0.120. The molecule has 2 aromatic rings. The van der Waals surface area contributed by atoms with E-state index < -0.39 is 0 Å². The van der Waals surface area contributed by atoms with Crippen LogP contribution in [0.15, 0.2) is 36.8 Å². The second kappa shape index (κ2) is 5.85. The van der Waals surface area contributed by atoms with E-state index in [4.69, 9.17) is 4.74 Å². The summed E-state index contributed by atoms with van der Waals surface area (Å²) in [4.78, 5) is 19.0. The van der Waals surface area contributed by atoms with E-state index in [9.17, 15) is 4.79 Å². The quantitative estimate of drug-likeness (QED) is 0.779. The van der Waals surface area contributed by atoms with Crippen LogP contribution < -0.4 is 10.6 Å². The summed E-state index contributed by atoms with van der Waals surface area (Å²) in [6.45, 7) is 1.78. The number of hydrogen-bond donors (Lipinski definition) is 3. The van der Waals surface area contributed by atoms with Gasteiger partial charge in [-0.15, -0.1) is 0 Å². The number of benzene rings is 1. The molecule has 2 heterocycles. The molecule has 104 valence electrons. The number of morpholine rings is 1. The number of aromatic amines is 1. The topological polar surface area (TPSA) is 79.0 Å². The summed E-state index contributed by atoms with van der Waals surface area (Å²) in [6, 6.07) is 7.34. The number of H-pyrrole nitrogens is 1. The monoisotopic (exact) mass is 272 g/mol. The molecular weight excluding hydrogens is 256 g/mol. The van der Waals surface area contributed by atoms with Crippen LogP contribution in [-0.4, -0.2) is 41.7 Å². The second-order valence-electron chi connectivity index (χ2n) is 4.61. The fourth-order valence-corrected chi connectivity index (χ4v) is 2.11. The van der Waals surface area contributed by atoms with Crippen molar-refractivity contribution in [2.24, 2.45) is 0 Å². The number of hydrogen-bond acceptors (Lipinski definition) is 4. The summed E-state index contributed by atoms with van der Waals surface area (Å²) < 4.78 is 5.27. The van der Waals surface area contributed by atoms with E-state index in [1.54, 1.807) is 12.5 Å². The molecule has 1 amide bonds. The maximum atomic E-state index is 12.0. The van der Waals surface area contributed by atoms with Crippen molar-refractivity contribution in [2.45, 2.75) is 6.04 Å². The number of anilines is 1. The van der Waals surface area contributed by atoms with Gasteiger partial charge in [-0.3, -0.25) is 4.79 Å². The van der Waals surface area contributed by atoms with Crippen LogP contribution in [0, 0.1) is 0 Å². The number of carbonyl (C=O) groups excluding carboxylic acids is 1. The van der Waals surface area contributed by atoms with Gasteiger partial charge >= 0.3 is 0 Å². The highest BCUT2D eigenvalue weighted by Crippen LogP contribution is 2.18. The summed E-state index contributed by atoms with van der Waals surface area (Å²) in [6.07, 6.45) is 3.40. The molecule has 0 aliphatic carbocycles. The highest BCUT2D eigenvalue weighted by Gasteiger charge is 2.20. The van der Waals surface area contributed by atoms with Gasteiger partial charge in [-0.05, 0) is 17.7 Å². The third-order valence-corrected chi connectivity index (χ3v) is 3.20. The van der Waals surface area contributed by atoms with Crippen LogP contribution in [0.25, 0.3) is 11.3 Å². The van der Waals surface area contributed by atoms with Crippen LogP contribution in [-0.2, 0) is 9.53 Å². The van der Waals surface area contributed by atoms with Gasteiger partial charge in [-0.2, -0.15) is 0 Å². The van der Waals surface area contributed by atoms with Crippen LogP contribution >= 0.6 is 0 Å². The van der Waals surface area contributed by atoms with E-state index in [2.05, 4.69) is 20.6 Å². The van der Waals surface area contributed by atoms with Crippen molar-refractivity contribution < 1.29 is 9.53 Å². The highest BCUT2D eigenvalue weighted by atomic mass is 16.5. The van der Waals surface area contributed by atoms with Gasteiger partial charge in [0, 0.05) is 12.2 Å². The standard InChI is InChI=1S/C14H16N4O2/c19-14(13-8-20-6-5-16-13)18-11-3-1-10(2-4-11)12-7-15-9-17-12/h1-4,7,9,13,16H,5-6,8H2,(H,15,17)(H,18,19). The molecule has 6 nitrogen and oxygen atoms in total. The van der Waals surface area contributed by atoms with E-state index in [0.29, 0.717) is 19.8 Å². The van der Waals surface area contributed by atoms with Gasteiger partial charge in [0.15, 0.2) is 0 Å². The summed E-state index contributed by atoms with van der Waals surface area (Å²) in [7, 11) is 0. The number of rotatable bonds is 3. The van der Waals surface area contributed by atoms with Crippen molar-refractivity contribution in [2.75, 3.05) is 25.1 Å². The first-order valence-corrected chi connectivity index (χ1v) is 6.54. The molecule has 0 radical (unpaired) electrons.